The molecule has 134 valence electrons. The Kier molecular flexibility index (Phi) is 4.83. The number of aromatic nitrogens is 2. The summed E-state index contributed by atoms with van der Waals surface area (Å²) in [4.78, 5) is 24.7. The van der Waals surface area contributed by atoms with Gasteiger partial charge in [0.05, 0.1) is 11.1 Å². The molecule has 0 atom stereocenters. The van der Waals surface area contributed by atoms with Gasteiger partial charge in [-0.1, -0.05) is 29.8 Å². The number of Topliss-reactive ketones (excluding diaryl/α,β-unsaturated/α-hetero) is 1. The predicted octanol–water partition coefficient (Wildman–Crippen LogP) is 5.00. The van der Waals surface area contributed by atoms with Crippen molar-refractivity contribution in [2.75, 3.05) is 0 Å². The van der Waals surface area contributed by atoms with Gasteiger partial charge in [-0.25, -0.2) is 4.79 Å². The number of benzene rings is 2. The van der Waals surface area contributed by atoms with Gasteiger partial charge in [0.1, 0.15) is 5.75 Å². The molecule has 1 aromatic heterocycles. The first-order valence-electron chi connectivity index (χ1n) is 8.30. The second-order valence-corrected chi connectivity index (χ2v) is 6.85. The van der Waals surface area contributed by atoms with Crippen LogP contribution in [0.3, 0.4) is 0 Å². The summed E-state index contributed by atoms with van der Waals surface area (Å²) in [7, 11) is 0. The number of hydrogen-bond donors (Lipinski definition) is 0. The topological polar surface area (TPSA) is 61.2 Å². The first-order chi connectivity index (χ1) is 12.3. The van der Waals surface area contributed by atoms with E-state index < -0.39 is 5.97 Å². The first-order valence-corrected chi connectivity index (χ1v) is 8.68. The molecule has 0 saturated carbocycles. The third-order valence-electron chi connectivity index (χ3n) is 4.14. The van der Waals surface area contributed by atoms with Gasteiger partial charge in [-0.2, -0.15) is 5.10 Å². The number of para-hydroxylation sites is 1. The summed E-state index contributed by atoms with van der Waals surface area (Å²) < 4.78 is 7.32. The Labute approximate surface area is 156 Å². The van der Waals surface area contributed by atoms with Crippen LogP contribution in [0.25, 0.3) is 10.9 Å². The quantitative estimate of drug-likeness (QED) is 0.368. The Morgan fingerprint density at radius 1 is 1.19 bits per heavy atom. The Morgan fingerprint density at radius 3 is 2.54 bits per heavy atom. The van der Waals surface area contributed by atoms with Crippen LogP contribution in [0.15, 0.2) is 36.4 Å². The molecule has 0 amide bonds. The first kappa shape index (κ1) is 18.1. The summed E-state index contributed by atoms with van der Waals surface area (Å²) in [5.41, 5.74) is 2.06. The number of esters is 1. The number of ether oxygens (including phenoxy) is 1. The van der Waals surface area contributed by atoms with E-state index in [1.807, 2.05) is 38.1 Å². The summed E-state index contributed by atoms with van der Waals surface area (Å²) in [5.74, 6) is -0.648. The number of ketones is 1. The van der Waals surface area contributed by atoms with Crippen molar-refractivity contribution in [3.8, 4) is 5.75 Å². The van der Waals surface area contributed by atoms with Gasteiger partial charge < -0.3 is 4.74 Å². The fourth-order valence-corrected chi connectivity index (χ4v) is 2.96. The van der Waals surface area contributed by atoms with Gasteiger partial charge in [0.15, 0.2) is 11.5 Å². The van der Waals surface area contributed by atoms with Gasteiger partial charge in [-0.3, -0.25) is 9.48 Å². The third kappa shape index (κ3) is 3.22. The number of hydrogen-bond acceptors (Lipinski definition) is 4. The molecule has 5 nitrogen and oxygen atoms in total. The van der Waals surface area contributed by atoms with Gasteiger partial charge in [-0.05, 0) is 51.5 Å². The van der Waals surface area contributed by atoms with Crippen LogP contribution in [0.1, 0.15) is 53.2 Å². The highest BCUT2D eigenvalue weighted by Gasteiger charge is 2.22. The lowest BCUT2D eigenvalue weighted by Crippen LogP contribution is -2.13. The van der Waals surface area contributed by atoms with Gasteiger partial charge in [0.2, 0.25) is 0 Å². The summed E-state index contributed by atoms with van der Waals surface area (Å²) in [6.07, 6.45) is 0. The molecule has 26 heavy (non-hydrogen) atoms. The summed E-state index contributed by atoms with van der Waals surface area (Å²) >= 11 is 6.09. The van der Waals surface area contributed by atoms with Crippen LogP contribution in [-0.4, -0.2) is 21.5 Å². The summed E-state index contributed by atoms with van der Waals surface area (Å²) in [6.45, 7) is 7.17. The number of carbonyl (C=O) groups excluding carboxylic acids is 2. The molecule has 0 aliphatic rings. The molecule has 0 N–H and O–H groups in total. The van der Waals surface area contributed by atoms with Crippen molar-refractivity contribution >= 4 is 34.3 Å². The largest absolute Gasteiger partial charge is 0.421 e. The maximum atomic E-state index is 12.8. The van der Waals surface area contributed by atoms with E-state index in [4.69, 9.17) is 16.3 Å². The number of carbonyl (C=O) groups is 2. The molecule has 0 unspecified atom stereocenters. The van der Waals surface area contributed by atoms with Crippen LogP contribution >= 0.6 is 11.6 Å². The summed E-state index contributed by atoms with van der Waals surface area (Å²) in [6, 6.07) is 10.7. The molecule has 0 spiro atoms. The van der Waals surface area contributed by atoms with Crippen LogP contribution in [0, 0.1) is 6.92 Å². The minimum Gasteiger partial charge on any atom is -0.421 e. The smallest absolute Gasteiger partial charge is 0.364 e. The van der Waals surface area contributed by atoms with E-state index >= 15 is 0 Å². The lowest BCUT2D eigenvalue weighted by molar-refractivity contribution is 0.0727. The highest BCUT2D eigenvalue weighted by Crippen LogP contribution is 2.29. The molecule has 0 aliphatic carbocycles. The Bertz CT molecular complexity index is 1020. The Balaban J connectivity index is 2.06. The maximum Gasteiger partial charge on any atom is 0.364 e. The normalized spacial score (nSPS) is 11.2. The van der Waals surface area contributed by atoms with Crippen molar-refractivity contribution in [3.05, 3.63) is 58.2 Å². The van der Waals surface area contributed by atoms with Crippen LogP contribution in [0.5, 0.6) is 5.75 Å². The molecule has 0 fully saturated rings. The number of rotatable bonds is 4. The Hall–Kier alpha value is -2.66. The van der Waals surface area contributed by atoms with E-state index in [1.54, 1.807) is 17.7 Å². The molecule has 2 aromatic carbocycles. The molecule has 0 saturated heterocycles. The monoisotopic (exact) mass is 370 g/mol. The zero-order chi connectivity index (χ0) is 19.0. The maximum absolute atomic E-state index is 12.8. The average Bonchev–Trinajstić information content (AvgIpc) is 2.97. The van der Waals surface area contributed by atoms with Crippen LogP contribution in [0.2, 0.25) is 5.02 Å². The van der Waals surface area contributed by atoms with E-state index in [1.165, 1.54) is 13.0 Å². The molecule has 1 heterocycles. The summed E-state index contributed by atoms with van der Waals surface area (Å²) in [5, 5.41) is 5.59. The highest BCUT2D eigenvalue weighted by atomic mass is 35.5. The number of aryl methyl sites for hydroxylation is 1. The minimum absolute atomic E-state index is 0.0898. The molecule has 3 aromatic rings. The second-order valence-electron chi connectivity index (χ2n) is 6.45. The fourth-order valence-electron chi connectivity index (χ4n) is 2.80. The Morgan fingerprint density at radius 2 is 1.88 bits per heavy atom. The second kappa shape index (κ2) is 6.92. The predicted molar refractivity (Wildman–Crippen MR) is 101 cm³/mol. The van der Waals surface area contributed by atoms with Crippen molar-refractivity contribution in [1.82, 2.24) is 9.78 Å². The van der Waals surface area contributed by atoms with Crippen molar-refractivity contribution < 1.29 is 14.3 Å². The van der Waals surface area contributed by atoms with E-state index in [0.29, 0.717) is 10.4 Å². The third-order valence-corrected chi connectivity index (χ3v) is 4.55. The van der Waals surface area contributed by atoms with Crippen LogP contribution in [-0.2, 0) is 0 Å². The molecule has 3 rings (SSSR count). The highest BCUT2D eigenvalue weighted by molar-refractivity contribution is 6.31. The fraction of sp³-hybridized carbons (Fsp3) is 0.250. The van der Waals surface area contributed by atoms with Gasteiger partial charge in [0.25, 0.3) is 0 Å². The van der Waals surface area contributed by atoms with Crippen molar-refractivity contribution in [1.29, 1.82) is 0 Å². The zero-order valence-electron chi connectivity index (χ0n) is 15.0. The van der Waals surface area contributed by atoms with Gasteiger partial charge >= 0.3 is 5.97 Å². The van der Waals surface area contributed by atoms with Crippen LogP contribution in [0.4, 0.5) is 0 Å². The number of fused-ring (bicyclic) bond motifs is 1. The molecule has 0 aliphatic heterocycles. The van der Waals surface area contributed by atoms with Crippen LogP contribution < -0.4 is 4.74 Å². The van der Waals surface area contributed by atoms with Gasteiger partial charge in [-0.15, -0.1) is 0 Å². The van der Waals surface area contributed by atoms with Crippen molar-refractivity contribution in [2.24, 2.45) is 0 Å². The average molecular weight is 371 g/mol. The van der Waals surface area contributed by atoms with E-state index in [9.17, 15) is 9.59 Å². The molecule has 0 radical (unpaired) electrons. The molecule has 6 heteroatoms. The van der Waals surface area contributed by atoms with E-state index in [0.717, 1.165) is 11.1 Å². The van der Waals surface area contributed by atoms with E-state index in [-0.39, 0.29) is 28.8 Å². The SMILES string of the molecule is CC(=O)c1cc(Cl)c(C)cc1OC(=O)c1nn(C(C)C)c2ccccc12. The zero-order valence-corrected chi connectivity index (χ0v) is 15.8. The molecular weight excluding hydrogens is 352 g/mol. The standard InChI is InChI=1S/C20H19ClN2O3/c1-11(2)23-17-8-6-5-7-14(17)19(22-23)20(25)26-18-9-12(3)16(21)10-15(18)13(4)24/h5-11H,1-4H3. The minimum atomic E-state index is -0.607. The number of halogens is 1. The molecular formula is C20H19ClN2O3. The number of nitrogens with zero attached hydrogens (tertiary/aromatic N) is 2. The van der Waals surface area contributed by atoms with E-state index in [2.05, 4.69) is 5.10 Å². The van der Waals surface area contributed by atoms with Crippen molar-refractivity contribution in [3.63, 3.8) is 0 Å². The van der Waals surface area contributed by atoms with Gasteiger partial charge in [0, 0.05) is 16.5 Å². The molecule has 0 bridgehead atoms. The lowest BCUT2D eigenvalue weighted by atomic mass is 10.1. The lowest BCUT2D eigenvalue weighted by Gasteiger charge is -2.10. The van der Waals surface area contributed by atoms with Crippen molar-refractivity contribution in [2.45, 2.75) is 33.7 Å².